The van der Waals surface area contributed by atoms with E-state index in [-0.39, 0.29) is 11.8 Å². The predicted octanol–water partition coefficient (Wildman–Crippen LogP) is 6.60. The lowest BCUT2D eigenvalue weighted by Crippen LogP contribution is -2.08. The van der Waals surface area contributed by atoms with Crippen molar-refractivity contribution < 1.29 is 26.7 Å². The van der Waals surface area contributed by atoms with Crippen LogP contribution in [-0.2, 0) is 6.18 Å². The first-order valence-electron chi connectivity index (χ1n) is 9.06. The maximum atomic E-state index is 12.7. The number of fused-ring (bicyclic) bond motifs is 1. The van der Waals surface area contributed by atoms with Crippen LogP contribution in [0.4, 0.5) is 13.2 Å². The van der Waals surface area contributed by atoms with E-state index in [9.17, 15) is 13.2 Å². The van der Waals surface area contributed by atoms with E-state index in [2.05, 4.69) is 4.98 Å². The SMILES string of the molecule is Cc1oc(-c2ccc(C(F)(F)F)cc2)nc1C(C)COc1ccc2ccoc2c1. The number of aryl methyl sites for hydroxylation is 1. The summed E-state index contributed by atoms with van der Waals surface area (Å²) in [6.07, 6.45) is -2.75. The Morgan fingerprint density at radius 1 is 1.07 bits per heavy atom. The van der Waals surface area contributed by atoms with Crippen LogP contribution in [0, 0.1) is 6.92 Å². The van der Waals surface area contributed by atoms with E-state index in [4.69, 9.17) is 13.6 Å². The van der Waals surface area contributed by atoms with E-state index in [0.29, 0.717) is 29.4 Å². The quantitative estimate of drug-likeness (QED) is 0.378. The zero-order chi connectivity index (χ0) is 20.6. The molecule has 29 heavy (non-hydrogen) atoms. The molecule has 0 radical (unpaired) electrons. The van der Waals surface area contributed by atoms with Gasteiger partial charge in [-0.15, -0.1) is 0 Å². The average Bonchev–Trinajstić information content (AvgIpc) is 3.31. The summed E-state index contributed by atoms with van der Waals surface area (Å²) in [6.45, 7) is 4.10. The first-order chi connectivity index (χ1) is 13.8. The van der Waals surface area contributed by atoms with Gasteiger partial charge < -0.3 is 13.6 Å². The first-order valence-corrected chi connectivity index (χ1v) is 9.06. The summed E-state index contributed by atoms with van der Waals surface area (Å²) in [5, 5.41) is 0.999. The molecule has 1 unspecified atom stereocenters. The van der Waals surface area contributed by atoms with Gasteiger partial charge in [0.1, 0.15) is 17.1 Å². The molecule has 7 heteroatoms. The number of ether oxygens (including phenoxy) is 1. The van der Waals surface area contributed by atoms with E-state index >= 15 is 0 Å². The molecule has 4 aromatic rings. The van der Waals surface area contributed by atoms with Crippen molar-refractivity contribution in [2.24, 2.45) is 0 Å². The van der Waals surface area contributed by atoms with E-state index in [0.717, 1.165) is 23.1 Å². The molecule has 2 heterocycles. The maximum Gasteiger partial charge on any atom is 0.416 e. The second-order valence-corrected chi connectivity index (χ2v) is 6.87. The topological polar surface area (TPSA) is 48.4 Å². The highest BCUT2D eigenvalue weighted by Gasteiger charge is 2.30. The zero-order valence-electron chi connectivity index (χ0n) is 15.8. The van der Waals surface area contributed by atoms with E-state index in [1.165, 1.54) is 12.1 Å². The van der Waals surface area contributed by atoms with Gasteiger partial charge in [0.25, 0.3) is 0 Å². The minimum Gasteiger partial charge on any atom is -0.493 e. The lowest BCUT2D eigenvalue weighted by Gasteiger charge is -2.11. The molecule has 0 aliphatic carbocycles. The fourth-order valence-electron chi connectivity index (χ4n) is 3.12. The average molecular weight is 401 g/mol. The highest BCUT2D eigenvalue weighted by molar-refractivity contribution is 5.78. The number of aromatic nitrogens is 1. The number of rotatable bonds is 5. The summed E-state index contributed by atoms with van der Waals surface area (Å²) in [6, 6.07) is 12.2. The van der Waals surface area contributed by atoms with Crippen molar-refractivity contribution in [3.05, 3.63) is 71.8 Å². The second-order valence-electron chi connectivity index (χ2n) is 6.87. The van der Waals surface area contributed by atoms with E-state index in [1.807, 2.05) is 31.2 Å². The summed E-state index contributed by atoms with van der Waals surface area (Å²) < 4.78 is 55.1. The molecule has 0 saturated heterocycles. The number of benzene rings is 2. The summed E-state index contributed by atoms with van der Waals surface area (Å²) >= 11 is 0. The number of furan rings is 1. The summed E-state index contributed by atoms with van der Waals surface area (Å²) in [5.41, 5.74) is 1.24. The lowest BCUT2D eigenvalue weighted by molar-refractivity contribution is -0.137. The van der Waals surface area contributed by atoms with Gasteiger partial charge in [-0.25, -0.2) is 4.98 Å². The summed E-state index contributed by atoms with van der Waals surface area (Å²) in [7, 11) is 0. The Hall–Kier alpha value is -3.22. The van der Waals surface area contributed by atoms with Crippen LogP contribution in [0.5, 0.6) is 5.75 Å². The van der Waals surface area contributed by atoms with Crippen molar-refractivity contribution in [3.8, 4) is 17.2 Å². The van der Waals surface area contributed by atoms with Crippen LogP contribution in [0.25, 0.3) is 22.4 Å². The van der Waals surface area contributed by atoms with E-state index in [1.54, 1.807) is 13.2 Å². The molecule has 0 fully saturated rings. The van der Waals surface area contributed by atoms with Crippen molar-refractivity contribution in [1.29, 1.82) is 0 Å². The van der Waals surface area contributed by atoms with Crippen LogP contribution < -0.4 is 4.74 Å². The molecule has 0 saturated carbocycles. The van der Waals surface area contributed by atoms with Crippen molar-refractivity contribution in [1.82, 2.24) is 4.98 Å². The number of halogens is 3. The number of alkyl halides is 3. The normalized spacial score (nSPS) is 13.0. The van der Waals surface area contributed by atoms with Gasteiger partial charge in [0.05, 0.1) is 24.1 Å². The smallest absolute Gasteiger partial charge is 0.416 e. The molecule has 4 nitrogen and oxygen atoms in total. The highest BCUT2D eigenvalue weighted by atomic mass is 19.4. The lowest BCUT2D eigenvalue weighted by atomic mass is 10.1. The molecule has 0 spiro atoms. The maximum absolute atomic E-state index is 12.7. The molecule has 1 atom stereocenters. The number of oxazole rings is 1. The summed E-state index contributed by atoms with van der Waals surface area (Å²) in [5.74, 6) is 1.50. The Morgan fingerprint density at radius 3 is 2.55 bits per heavy atom. The Bertz CT molecular complexity index is 1130. The van der Waals surface area contributed by atoms with Gasteiger partial charge in [0.2, 0.25) is 5.89 Å². The van der Waals surface area contributed by atoms with Gasteiger partial charge >= 0.3 is 6.18 Å². The molecular weight excluding hydrogens is 383 g/mol. The standard InChI is InChI=1S/C22H18F3NO3/c1-13(12-28-18-8-5-15-9-10-27-19(15)11-18)20-14(2)29-21(26-20)16-3-6-17(7-4-16)22(23,24)25/h3-11,13H,12H2,1-2H3. The van der Waals surface area contributed by atoms with Gasteiger partial charge in [-0.1, -0.05) is 6.92 Å². The zero-order valence-corrected chi connectivity index (χ0v) is 15.8. The highest BCUT2D eigenvalue weighted by Crippen LogP contribution is 2.32. The summed E-state index contributed by atoms with van der Waals surface area (Å²) in [4.78, 5) is 4.48. The molecule has 0 aliphatic heterocycles. The second kappa shape index (κ2) is 7.31. The van der Waals surface area contributed by atoms with Gasteiger partial charge in [0.15, 0.2) is 0 Å². The molecule has 2 aromatic carbocycles. The minimum absolute atomic E-state index is 0.0748. The van der Waals surface area contributed by atoms with Crippen LogP contribution >= 0.6 is 0 Å². The van der Waals surface area contributed by atoms with Gasteiger partial charge in [-0.2, -0.15) is 13.2 Å². The third-order valence-corrected chi connectivity index (χ3v) is 4.69. The molecule has 4 rings (SSSR count). The molecule has 0 aliphatic rings. The van der Waals surface area contributed by atoms with Crippen molar-refractivity contribution in [3.63, 3.8) is 0 Å². The molecule has 0 bridgehead atoms. The van der Waals surface area contributed by atoms with Crippen LogP contribution in [0.2, 0.25) is 0 Å². The number of nitrogens with zero attached hydrogens (tertiary/aromatic N) is 1. The van der Waals surface area contributed by atoms with Crippen molar-refractivity contribution in [2.45, 2.75) is 25.9 Å². The molecule has 0 N–H and O–H groups in total. The van der Waals surface area contributed by atoms with Gasteiger partial charge in [0, 0.05) is 22.9 Å². The minimum atomic E-state index is -4.37. The Labute approximate surface area is 164 Å². The third kappa shape index (κ3) is 3.99. The van der Waals surface area contributed by atoms with Gasteiger partial charge in [-0.3, -0.25) is 0 Å². The predicted molar refractivity (Wildman–Crippen MR) is 102 cm³/mol. The Kier molecular flexibility index (Phi) is 4.82. The van der Waals surface area contributed by atoms with Crippen molar-refractivity contribution >= 4 is 11.0 Å². The van der Waals surface area contributed by atoms with Crippen molar-refractivity contribution in [2.75, 3.05) is 6.61 Å². The molecule has 0 amide bonds. The number of hydrogen-bond donors (Lipinski definition) is 0. The fraction of sp³-hybridized carbons (Fsp3) is 0.227. The van der Waals surface area contributed by atoms with Crippen LogP contribution in [0.15, 0.2) is 63.6 Å². The fourth-order valence-corrected chi connectivity index (χ4v) is 3.12. The molecule has 150 valence electrons. The monoisotopic (exact) mass is 401 g/mol. The third-order valence-electron chi connectivity index (χ3n) is 4.69. The largest absolute Gasteiger partial charge is 0.493 e. The van der Waals surface area contributed by atoms with Crippen LogP contribution in [0.3, 0.4) is 0 Å². The number of hydrogen-bond acceptors (Lipinski definition) is 4. The van der Waals surface area contributed by atoms with Gasteiger partial charge in [-0.05, 0) is 49.4 Å². The van der Waals surface area contributed by atoms with Crippen LogP contribution in [0.1, 0.15) is 29.9 Å². The Balaban J connectivity index is 1.48. The molecule has 2 aromatic heterocycles. The molecular formula is C22H18F3NO3. The Morgan fingerprint density at radius 2 is 1.83 bits per heavy atom. The first kappa shape index (κ1) is 19.1. The van der Waals surface area contributed by atoms with Crippen LogP contribution in [-0.4, -0.2) is 11.6 Å². The van der Waals surface area contributed by atoms with E-state index < -0.39 is 11.7 Å².